The zero-order chi connectivity index (χ0) is 22.0. The van der Waals surface area contributed by atoms with E-state index in [4.69, 9.17) is 5.11 Å². The van der Waals surface area contributed by atoms with Crippen LogP contribution >= 0.6 is 0 Å². The maximum Gasteiger partial charge on any atom is 0.408 e. The van der Waals surface area contributed by atoms with Crippen LogP contribution < -0.4 is 0 Å². The van der Waals surface area contributed by atoms with Crippen LogP contribution in [0.25, 0.3) is 22.5 Å². The van der Waals surface area contributed by atoms with Crippen LogP contribution in [0.5, 0.6) is 0 Å². The second kappa shape index (κ2) is 8.01. The Bertz CT molecular complexity index is 1200. The number of halogens is 3. The zero-order valence-corrected chi connectivity index (χ0v) is 15.8. The summed E-state index contributed by atoms with van der Waals surface area (Å²) in [7, 11) is 0. The molecule has 0 saturated carbocycles. The number of hydrogen-bond donors (Lipinski definition) is 2. The maximum absolute atomic E-state index is 12.7. The molecule has 0 saturated heterocycles. The molecule has 2 heterocycles. The number of nitrogens with zero attached hydrogens (tertiary/aromatic N) is 5. The van der Waals surface area contributed by atoms with Gasteiger partial charge in [0.05, 0.1) is 5.69 Å². The first-order chi connectivity index (χ1) is 14.8. The fourth-order valence-electron chi connectivity index (χ4n) is 3.24. The Hall–Kier alpha value is -4.02. The van der Waals surface area contributed by atoms with Crippen molar-refractivity contribution in [1.82, 2.24) is 30.4 Å². The lowest BCUT2D eigenvalue weighted by molar-refractivity contribution is -0.142. The number of hydrogen-bond acceptors (Lipinski definition) is 5. The molecule has 0 radical (unpaired) electrons. The number of H-pyrrole nitrogens is 1. The van der Waals surface area contributed by atoms with Crippen molar-refractivity contribution in [2.45, 2.75) is 19.1 Å². The molecular formula is C20H15F3N6O2. The number of aromatic amines is 1. The van der Waals surface area contributed by atoms with Gasteiger partial charge in [0.15, 0.2) is 0 Å². The van der Waals surface area contributed by atoms with Gasteiger partial charge in [-0.05, 0) is 28.0 Å². The van der Waals surface area contributed by atoms with E-state index >= 15 is 0 Å². The van der Waals surface area contributed by atoms with Crippen molar-refractivity contribution in [3.8, 4) is 22.5 Å². The Morgan fingerprint density at radius 3 is 2.39 bits per heavy atom. The summed E-state index contributed by atoms with van der Waals surface area (Å²) in [6.45, 7) is -1.46. The monoisotopic (exact) mass is 428 g/mol. The highest BCUT2D eigenvalue weighted by Gasteiger charge is 2.31. The predicted octanol–water partition coefficient (Wildman–Crippen LogP) is 3.58. The van der Waals surface area contributed by atoms with Gasteiger partial charge in [0.2, 0.25) is 5.82 Å². The van der Waals surface area contributed by atoms with Gasteiger partial charge >= 0.3 is 12.1 Å². The highest BCUT2D eigenvalue weighted by molar-refractivity contribution is 5.85. The van der Waals surface area contributed by atoms with Crippen LogP contribution in [0, 0.1) is 0 Å². The standard InChI is InChI=1S/C20H15F3N6O2/c21-20(22,23)11-29-17(19(30)31)10-14(26-29)9-12-5-7-13(8-6-12)15-3-1-2-4-16(15)18-24-27-28-25-18/h1-8,10H,9,11H2,(H,30,31)(H,24,25,27,28). The van der Waals surface area contributed by atoms with Crippen LogP contribution in [0.15, 0.2) is 54.6 Å². The number of rotatable bonds is 6. The normalized spacial score (nSPS) is 11.6. The number of tetrazole rings is 1. The summed E-state index contributed by atoms with van der Waals surface area (Å²) in [6.07, 6.45) is -4.38. The molecule has 0 amide bonds. The van der Waals surface area contributed by atoms with Gasteiger partial charge in [0, 0.05) is 12.0 Å². The van der Waals surface area contributed by atoms with Crippen molar-refractivity contribution in [1.29, 1.82) is 0 Å². The molecule has 2 N–H and O–H groups in total. The Balaban J connectivity index is 1.58. The smallest absolute Gasteiger partial charge is 0.408 e. The number of carbonyl (C=O) groups is 1. The second-order valence-corrected chi connectivity index (χ2v) is 6.75. The Morgan fingerprint density at radius 1 is 1.06 bits per heavy atom. The van der Waals surface area contributed by atoms with Gasteiger partial charge < -0.3 is 5.11 Å². The predicted molar refractivity (Wildman–Crippen MR) is 103 cm³/mol. The number of benzene rings is 2. The lowest BCUT2D eigenvalue weighted by atomic mass is 9.97. The number of carboxylic acids is 1. The first-order valence-corrected chi connectivity index (χ1v) is 9.09. The van der Waals surface area contributed by atoms with E-state index in [-0.39, 0.29) is 12.1 Å². The van der Waals surface area contributed by atoms with E-state index in [9.17, 15) is 18.0 Å². The zero-order valence-electron chi connectivity index (χ0n) is 15.8. The summed E-state index contributed by atoms with van der Waals surface area (Å²) >= 11 is 0. The third kappa shape index (κ3) is 4.60. The molecule has 0 spiro atoms. The summed E-state index contributed by atoms with van der Waals surface area (Å²) in [4.78, 5) is 11.3. The highest BCUT2D eigenvalue weighted by Crippen LogP contribution is 2.30. The Kier molecular flexibility index (Phi) is 5.24. The van der Waals surface area contributed by atoms with Gasteiger partial charge in [0.25, 0.3) is 0 Å². The maximum atomic E-state index is 12.7. The van der Waals surface area contributed by atoms with Crippen molar-refractivity contribution in [3.63, 3.8) is 0 Å². The summed E-state index contributed by atoms with van der Waals surface area (Å²) in [5.74, 6) is -1.01. The number of alkyl halides is 3. The summed E-state index contributed by atoms with van der Waals surface area (Å²) in [5, 5.41) is 27.0. The molecule has 8 nitrogen and oxygen atoms in total. The van der Waals surface area contributed by atoms with E-state index in [1.54, 1.807) is 0 Å². The van der Waals surface area contributed by atoms with E-state index in [1.807, 2.05) is 48.5 Å². The van der Waals surface area contributed by atoms with E-state index < -0.39 is 24.4 Å². The van der Waals surface area contributed by atoms with E-state index in [0.29, 0.717) is 10.5 Å². The summed E-state index contributed by atoms with van der Waals surface area (Å²) < 4.78 is 38.5. The molecule has 0 aliphatic rings. The van der Waals surface area contributed by atoms with Gasteiger partial charge in [-0.15, -0.1) is 10.2 Å². The number of aromatic carboxylic acids is 1. The van der Waals surface area contributed by atoms with Gasteiger partial charge in [-0.1, -0.05) is 48.5 Å². The van der Waals surface area contributed by atoms with Crippen LogP contribution in [0.3, 0.4) is 0 Å². The quantitative estimate of drug-likeness (QED) is 0.486. The molecule has 0 atom stereocenters. The van der Waals surface area contributed by atoms with E-state index in [0.717, 1.165) is 28.3 Å². The van der Waals surface area contributed by atoms with Crippen molar-refractivity contribution >= 4 is 5.97 Å². The molecule has 11 heteroatoms. The highest BCUT2D eigenvalue weighted by atomic mass is 19.4. The van der Waals surface area contributed by atoms with Crippen LogP contribution in [0.4, 0.5) is 13.2 Å². The average molecular weight is 428 g/mol. The molecule has 0 bridgehead atoms. The van der Waals surface area contributed by atoms with Crippen LogP contribution in [0.1, 0.15) is 21.7 Å². The summed E-state index contributed by atoms with van der Waals surface area (Å²) in [6, 6.07) is 16.0. The minimum Gasteiger partial charge on any atom is -0.477 e. The van der Waals surface area contributed by atoms with Crippen molar-refractivity contribution in [3.05, 3.63) is 71.5 Å². The minimum atomic E-state index is -4.57. The Labute approximate surface area is 173 Å². The molecule has 2 aromatic carbocycles. The molecule has 4 rings (SSSR count). The number of aromatic nitrogens is 6. The molecule has 2 aromatic heterocycles. The number of nitrogens with one attached hydrogen (secondary N) is 1. The van der Waals surface area contributed by atoms with Gasteiger partial charge in [-0.25, -0.2) is 9.48 Å². The van der Waals surface area contributed by atoms with E-state index in [2.05, 4.69) is 25.7 Å². The average Bonchev–Trinajstić information content (AvgIpc) is 3.38. The molecule has 158 valence electrons. The van der Waals surface area contributed by atoms with Gasteiger partial charge in [-0.3, -0.25) is 0 Å². The fraction of sp³-hybridized carbons (Fsp3) is 0.150. The number of carboxylic acid groups (broad SMARTS) is 1. The molecule has 0 fully saturated rings. The summed E-state index contributed by atoms with van der Waals surface area (Å²) in [5.41, 5.74) is 3.08. The lowest BCUT2D eigenvalue weighted by Crippen LogP contribution is -2.22. The molecule has 0 aliphatic heterocycles. The molecule has 31 heavy (non-hydrogen) atoms. The van der Waals surface area contributed by atoms with Crippen LogP contribution in [-0.4, -0.2) is 47.7 Å². The first-order valence-electron chi connectivity index (χ1n) is 9.09. The molecule has 0 aliphatic carbocycles. The third-order valence-electron chi connectivity index (χ3n) is 4.54. The fourth-order valence-corrected chi connectivity index (χ4v) is 3.24. The van der Waals surface area contributed by atoms with Crippen molar-refractivity contribution in [2.24, 2.45) is 0 Å². The Morgan fingerprint density at radius 2 is 1.77 bits per heavy atom. The van der Waals surface area contributed by atoms with Crippen molar-refractivity contribution < 1.29 is 23.1 Å². The molecular weight excluding hydrogens is 413 g/mol. The van der Waals surface area contributed by atoms with Crippen molar-refractivity contribution in [2.75, 3.05) is 0 Å². The molecule has 0 unspecified atom stereocenters. The minimum absolute atomic E-state index is 0.192. The first kappa shape index (κ1) is 20.3. The second-order valence-electron chi connectivity index (χ2n) is 6.75. The van der Waals surface area contributed by atoms with Gasteiger partial charge in [0.1, 0.15) is 12.2 Å². The molecule has 4 aromatic rings. The van der Waals surface area contributed by atoms with E-state index in [1.165, 1.54) is 0 Å². The van der Waals surface area contributed by atoms with Gasteiger partial charge in [-0.2, -0.15) is 23.5 Å². The third-order valence-corrected chi connectivity index (χ3v) is 4.54. The topological polar surface area (TPSA) is 110 Å². The SMILES string of the molecule is O=C(O)c1cc(Cc2ccc(-c3ccccc3-c3nn[nH]n3)cc2)nn1CC(F)(F)F. The lowest BCUT2D eigenvalue weighted by Gasteiger charge is -2.08. The van der Waals surface area contributed by atoms with Crippen LogP contribution in [-0.2, 0) is 13.0 Å². The van der Waals surface area contributed by atoms with Crippen LogP contribution in [0.2, 0.25) is 0 Å². The largest absolute Gasteiger partial charge is 0.477 e.